The predicted octanol–water partition coefficient (Wildman–Crippen LogP) is 1.50. The molecule has 1 aromatic heterocycles. The molecule has 8 nitrogen and oxygen atoms in total. The van der Waals surface area contributed by atoms with Crippen LogP contribution in [-0.2, 0) is 4.74 Å². The Morgan fingerprint density at radius 2 is 2.18 bits per heavy atom. The number of nitrogens with zero attached hydrogens (tertiary/aromatic N) is 4. The van der Waals surface area contributed by atoms with Crippen molar-refractivity contribution in [2.75, 3.05) is 0 Å². The molecule has 0 N–H and O–H groups in total. The van der Waals surface area contributed by atoms with Gasteiger partial charge in [0.2, 0.25) is 6.33 Å². The van der Waals surface area contributed by atoms with Gasteiger partial charge in [-0.25, -0.2) is 4.79 Å². The average Bonchev–Trinajstić information content (AvgIpc) is 2.79. The minimum absolute atomic E-state index is 0.112. The molecule has 1 aliphatic rings. The fraction of sp³-hybridized carbons (Fsp3) is 0.667. The normalized spacial score (nSPS) is 16.7. The number of ether oxygens (including phenoxy) is 1. The Morgan fingerprint density at radius 1 is 1.47 bits per heavy atom. The van der Waals surface area contributed by atoms with Crippen molar-refractivity contribution in [2.24, 2.45) is 0 Å². The van der Waals surface area contributed by atoms with Crippen LogP contribution >= 0.6 is 0 Å². The zero-order chi connectivity index (χ0) is 12.3. The number of rotatable bonds is 2. The molecular weight excluding hydrogens is 228 g/mol. The van der Waals surface area contributed by atoms with Gasteiger partial charge in [-0.2, -0.15) is 0 Å². The standard InChI is InChI=1S/C9H12N4O4/c14-9(17-7-4-2-1-3-5-7)12-6-10-8(11-12)13(15)16/h6-7H,1-5H2. The first-order chi connectivity index (χ1) is 8.16. The molecule has 0 aliphatic heterocycles. The Kier molecular flexibility index (Phi) is 3.31. The summed E-state index contributed by atoms with van der Waals surface area (Å²) in [5.74, 6) is -0.606. The molecule has 0 radical (unpaired) electrons. The van der Waals surface area contributed by atoms with Crippen LogP contribution in [0.5, 0.6) is 0 Å². The molecule has 1 fully saturated rings. The average molecular weight is 240 g/mol. The topological polar surface area (TPSA) is 100 Å². The van der Waals surface area contributed by atoms with Crippen molar-refractivity contribution in [1.29, 1.82) is 0 Å². The summed E-state index contributed by atoms with van der Waals surface area (Å²) in [5.41, 5.74) is 0. The van der Waals surface area contributed by atoms with E-state index < -0.39 is 17.0 Å². The lowest BCUT2D eigenvalue weighted by Crippen LogP contribution is -2.24. The Hall–Kier alpha value is -1.99. The van der Waals surface area contributed by atoms with E-state index in [4.69, 9.17) is 4.74 Å². The van der Waals surface area contributed by atoms with Crippen LogP contribution < -0.4 is 0 Å². The van der Waals surface area contributed by atoms with Crippen LogP contribution in [0.3, 0.4) is 0 Å². The van der Waals surface area contributed by atoms with E-state index in [1.165, 1.54) is 0 Å². The highest BCUT2D eigenvalue weighted by Gasteiger charge is 2.23. The SMILES string of the molecule is O=C(OC1CCCCC1)n1cnc([N+](=O)[O-])n1. The molecule has 0 saturated heterocycles. The molecule has 0 unspecified atom stereocenters. The summed E-state index contributed by atoms with van der Waals surface area (Å²) in [5, 5.41) is 13.7. The molecule has 17 heavy (non-hydrogen) atoms. The first-order valence-electron chi connectivity index (χ1n) is 5.44. The number of aromatic nitrogens is 3. The largest absolute Gasteiger partial charge is 0.491 e. The zero-order valence-corrected chi connectivity index (χ0v) is 9.11. The van der Waals surface area contributed by atoms with Gasteiger partial charge < -0.3 is 14.9 Å². The predicted molar refractivity (Wildman–Crippen MR) is 55.4 cm³/mol. The Labute approximate surface area is 96.7 Å². The first kappa shape index (κ1) is 11.5. The van der Waals surface area contributed by atoms with Gasteiger partial charge in [-0.05, 0) is 30.6 Å². The van der Waals surface area contributed by atoms with Crippen molar-refractivity contribution < 1.29 is 14.5 Å². The van der Waals surface area contributed by atoms with Crippen molar-refractivity contribution in [2.45, 2.75) is 38.2 Å². The number of carbonyl (C=O) groups is 1. The summed E-state index contributed by atoms with van der Waals surface area (Å²) >= 11 is 0. The molecule has 1 aliphatic carbocycles. The molecule has 0 bridgehead atoms. The van der Waals surface area contributed by atoms with Gasteiger partial charge in [0.05, 0.1) is 0 Å². The van der Waals surface area contributed by atoms with Crippen LogP contribution in [-0.4, -0.2) is 31.9 Å². The lowest BCUT2D eigenvalue weighted by Gasteiger charge is -2.20. The van der Waals surface area contributed by atoms with Crippen LogP contribution in [0.2, 0.25) is 0 Å². The van der Waals surface area contributed by atoms with E-state index in [-0.39, 0.29) is 6.10 Å². The third-order valence-electron chi connectivity index (χ3n) is 2.65. The van der Waals surface area contributed by atoms with E-state index >= 15 is 0 Å². The summed E-state index contributed by atoms with van der Waals surface area (Å²) in [7, 11) is 0. The molecular formula is C9H12N4O4. The minimum Gasteiger partial charge on any atom is -0.444 e. The zero-order valence-electron chi connectivity index (χ0n) is 9.11. The van der Waals surface area contributed by atoms with Gasteiger partial charge in [0, 0.05) is 5.10 Å². The minimum atomic E-state index is -0.760. The van der Waals surface area contributed by atoms with Gasteiger partial charge in [0.15, 0.2) is 0 Å². The van der Waals surface area contributed by atoms with Crippen molar-refractivity contribution in [3.05, 3.63) is 16.4 Å². The molecule has 1 aromatic rings. The molecule has 1 saturated carbocycles. The summed E-state index contributed by atoms with van der Waals surface area (Å²) in [6.45, 7) is 0. The van der Waals surface area contributed by atoms with Gasteiger partial charge in [0.1, 0.15) is 6.10 Å². The Morgan fingerprint density at radius 3 is 2.76 bits per heavy atom. The van der Waals surface area contributed by atoms with Crippen LogP contribution in [0, 0.1) is 10.1 Å². The Balaban J connectivity index is 1.96. The maximum atomic E-state index is 11.6. The first-order valence-corrected chi connectivity index (χ1v) is 5.44. The second kappa shape index (κ2) is 4.89. The van der Waals surface area contributed by atoms with Crippen LogP contribution in [0.15, 0.2) is 6.33 Å². The van der Waals surface area contributed by atoms with Gasteiger partial charge in [-0.1, -0.05) is 16.1 Å². The van der Waals surface area contributed by atoms with E-state index in [0.717, 1.165) is 43.1 Å². The van der Waals surface area contributed by atoms with Crippen LogP contribution in [0.1, 0.15) is 32.1 Å². The summed E-state index contributed by atoms with van der Waals surface area (Å²) < 4.78 is 5.93. The molecule has 0 aromatic carbocycles. The van der Waals surface area contributed by atoms with Crippen molar-refractivity contribution in [1.82, 2.24) is 14.8 Å². The molecule has 92 valence electrons. The highest BCUT2D eigenvalue weighted by Crippen LogP contribution is 2.20. The third-order valence-corrected chi connectivity index (χ3v) is 2.65. The quantitative estimate of drug-likeness (QED) is 0.573. The Bertz CT molecular complexity index is 424. The second-order valence-corrected chi connectivity index (χ2v) is 3.89. The van der Waals surface area contributed by atoms with Gasteiger partial charge in [-0.3, -0.25) is 0 Å². The second-order valence-electron chi connectivity index (χ2n) is 3.89. The highest BCUT2D eigenvalue weighted by molar-refractivity contribution is 5.69. The molecule has 2 rings (SSSR count). The monoisotopic (exact) mass is 240 g/mol. The van der Waals surface area contributed by atoms with Crippen LogP contribution in [0.25, 0.3) is 0 Å². The number of nitro groups is 1. The van der Waals surface area contributed by atoms with Gasteiger partial charge in [-0.15, -0.1) is 0 Å². The van der Waals surface area contributed by atoms with E-state index in [2.05, 4.69) is 10.1 Å². The van der Waals surface area contributed by atoms with E-state index in [0.29, 0.717) is 0 Å². The summed E-state index contributed by atoms with van der Waals surface area (Å²) in [6.07, 6.45) is 5.07. The third kappa shape index (κ3) is 2.77. The molecule has 8 heteroatoms. The van der Waals surface area contributed by atoms with Gasteiger partial charge >= 0.3 is 12.0 Å². The number of hydrogen-bond donors (Lipinski definition) is 0. The fourth-order valence-corrected chi connectivity index (χ4v) is 1.81. The van der Waals surface area contributed by atoms with E-state index in [1.54, 1.807) is 0 Å². The van der Waals surface area contributed by atoms with Crippen molar-refractivity contribution in [3.8, 4) is 0 Å². The highest BCUT2D eigenvalue weighted by atomic mass is 16.6. The molecule has 1 heterocycles. The summed E-state index contributed by atoms with van der Waals surface area (Å²) in [4.78, 5) is 24.5. The van der Waals surface area contributed by atoms with Gasteiger partial charge in [0.25, 0.3) is 0 Å². The van der Waals surface area contributed by atoms with E-state index in [9.17, 15) is 14.9 Å². The number of hydrogen-bond acceptors (Lipinski definition) is 6. The summed E-state index contributed by atoms with van der Waals surface area (Å²) in [6, 6.07) is 0. The number of carbonyl (C=O) groups excluding carboxylic acids is 1. The van der Waals surface area contributed by atoms with Crippen molar-refractivity contribution in [3.63, 3.8) is 0 Å². The maximum absolute atomic E-state index is 11.6. The van der Waals surface area contributed by atoms with E-state index in [1.807, 2.05) is 0 Å². The van der Waals surface area contributed by atoms with Crippen LogP contribution in [0.4, 0.5) is 10.7 Å². The lowest BCUT2D eigenvalue weighted by molar-refractivity contribution is -0.394. The molecule has 0 spiro atoms. The smallest absolute Gasteiger partial charge is 0.444 e. The lowest BCUT2D eigenvalue weighted by atomic mass is 9.98. The maximum Gasteiger partial charge on any atom is 0.491 e. The van der Waals surface area contributed by atoms with Crippen molar-refractivity contribution >= 4 is 12.0 Å². The molecule has 0 amide bonds. The fourth-order valence-electron chi connectivity index (χ4n) is 1.81. The molecule has 0 atom stereocenters.